The molecule has 0 radical (unpaired) electrons. The molecule has 84 valence electrons. The van der Waals surface area contributed by atoms with Gasteiger partial charge in [0.15, 0.2) is 5.58 Å². The zero-order chi connectivity index (χ0) is 12.6. The summed E-state index contributed by atoms with van der Waals surface area (Å²) in [5.41, 5.74) is -0.316. The summed E-state index contributed by atoms with van der Waals surface area (Å²) in [6, 6.07) is 5.07. The van der Waals surface area contributed by atoms with Crippen molar-refractivity contribution >= 4 is 22.6 Å². The zero-order valence-electron chi connectivity index (χ0n) is 8.21. The molecule has 0 aliphatic carbocycles. The lowest BCUT2D eigenvalue weighted by Crippen LogP contribution is -1.91. The first kappa shape index (κ1) is 10.6. The Morgan fingerprint density at radius 1 is 1.47 bits per heavy atom. The molecule has 0 fully saturated rings. The molecule has 0 spiro atoms. The number of furan rings is 1. The van der Waals surface area contributed by atoms with Crippen LogP contribution in [-0.4, -0.2) is 16.0 Å². The van der Waals surface area contributed by atoms with Crippen LogP contribution in [0.4, 0.5) is 5.69 Å². The summed E-state index contributed by atoms with van der Waals surface area (Å²) >= 11 is 0. The average molecular weight is 232 g/mol. The summed E-state index contributed by atoms with van der Waals surface area (Å²) in [5.74, 6) is -1.66. The molecule has 17 heavy (non-hydrogen) atoms. The third-order valence-corrected chi connectivity index (χ3v) is 2.14. The molecule has 0 amide bonds. The number of nitrogens with zero attached hydrogens (tertiary/aromatic N) is 2. The lowest BCUT2D eigenvalue weighted by molar-refractivity contribution is -0.384. The molecule has 0 saturated heterocycles. The van der Waals surface area contributed by atoms with Gasteiger partial charge in [0.25, 0.3) is 5.69 Å². The predicted octanol–water partition coefficient (Wildman–Crippen LogP) is 1.91. The van der Waals surface area contributed by atoms with Crippen molar-refractivity contribution in [2.24, 2.45) is 0 Å². The SMILES string of the molecule is N#Cc1cc([N+](=O)[O-])cc2cc(C(=O)O)oc12. The highest BCUT2D eigenvalue weighted by molar-refractivity contribution is 5.94. The third kappa shape index (κ3) is 1.68. The molecule has 0 unspecified atom stereocenters. The maximum Gasteiger partial charge on any atom is 0.371 e. The van der Waals surface area contributed by atoms with Crippen LogP contribution in [0.1, 0.15) is 16.1 Å². The number of fused-ring (bicyclic) bond motifs is 1. The molecule has 0 bridgehead atoms. The van der Waals surface area contributed by atoms with Gasteiger partial charge in [0, 0.05) is 17.5 Å². The number of nitriles is 1. The second-order valence-electron chi connectivity index (χ2n) is 3.20. The van der Waals surface area contributed by atoms with E-state index in [0.29, 0.717) is 0 Å². The van der Waals surface area contributed by atoms with Gasteiger partial charge < -0.3 is 9.52 Å². The Bertz CT molecular complexity index is 680. The van der Waals surface area contributed by atoms with E-state index in [2.05, 4.69) is 0 Å². The van der Waals surface area contributed by atoms with Crippen molar-refractivity contribution in [3.63, 3.8) is 0 Å². The van der Waals surface area contributed by atoms with Gasteiger partial charge in [-0.25, -0.2) is 4.79 Å². The van der Waals surface area contributed by atoms with E-state index in [4.69, 9.17) is 14.8 Å². The van der Waals surface area contributed by atoms with Crippen molar-refractivity contribution in [3.8, 4) is 6.07 Å². The Balaban J connectivity index is 2.79. The molecule has 0 atom stereocenters. The first-order chi connectivity index (χ1) is 8.02. The van der Waals surface area contributed by atoms with Gasteiger partial charge in [-0.05, 0) is 6.07 Å². The standard InChI is InChI=1S/C10H4N2O5/c11-4-6-2-7(12(15)16)1-5-3-8(10(13)14)17-9(5)6/h1-3H,(H,13,14). The summed E-state index contributed by atoms with van der Waals surface area (Å²) in [7, 11) is 0. The number of hydrogen-bond donors (Lipinski definition) is 1. The van der Waals surface area contributed by atoms with Crippen LogP contribution in [0.2, 0.25) is 0 Å². The molecular formula is C10H4N2O5. The molecule has 2 aromatic rings. The first-order valence-corrected chi connectivity index (χ1v) is 4.38. The summed E-state index contributed by atoms with van der Waals surface area (Å²) in [5, 5.41) is 28.3. The van der Waals surface area contributed by atoms with Crippen LogP contribution < -0.4 is 0 Å². The van der Waals surface area contributed by atoms with Gasteiger partial charge in [-0.2, -0.15) is 5.26 Å². The second-order valence-corrected chi connectivity index (χ2v) is 3.20. The fraction of sp³-hybridized carbons (Fsp3) is 0. The topological polar surface area (TPSA) is 117 Å². The third-order valence-electron chi connectivity index (χ3n) is 2.14. The minimum Gasteiger partial charge on any atom is -0.475 e. The van der Waals surface area contributed by atoms with Gasteiger partial charge >= 0.3 is 5.97 Å². The summed E-state index contributed by atoms with van der Waals surface area (Å²) < 4.78 is 4.94. The molecule has 1 N–H and O–H groups in total. The smallest absolute Gasteiger partial charge is 0.371 e. The van der Waals surface area contributed by atoms with Gasteiger partial charge in [0.2, 0.25) is 5.76 Å². The number of aromatic carboxylic acids is 1. The molecule has 1 aromatic carbocycles. The van der Waals surface area contributed by atoms with E-state index in [0.717, 1.165) is 18.2 Å². The Hall–Kier alpha value is -2.88. The minimum atomic E-state index is -1.30. The number of carboxylic acids is 1. The number of non-ortho nitro benzene ring substituents is 1. The Morgan fingerprint density at radius 3 is 2.71 bits per heavy atom. The van der Waals surface area contributed by atoms with Crippen LogP contribution in [0.15, 0.2) is 22.6 Å². The monoisotopic (exact) mass is 232 g/mol. The van der Waals surface area contributed by atoms with Crippen molar-refractivity contribution < 1.29 is 19.2 Å². The van der Waals surface area contributed by atoms with Crippen LogP contribution in [0.5, 0.6) is 0 Å². The van der Waals surface area contributed by atoms with Gasteiger partial charge in [-0.15, -0.1) is 0 Å². The van der Waals surface area contributed by atoms with Crippen molar-refractivity contribution in [2.75, 3.05) is 0 Å². The van der Waals surface area contributed by atoms with Crippen LogP contribution in [0.25, 0.3) is 11.0 Å². The summed E-state index contributed by atoms with van der Waals surface area (Å²) in [4.78, 5) is 20.6. The lowest BCUT2D eigenvalue weighted by Gasteiger charge is -1.93. The molecule has 1 aromatic heterocycles. The van der Waals surface area contributed by atoms with E-state index < -0.39 is 10.9 Å². The van der Waals surface area contributed by atoms with E-state index in [9.17, 15) is 14.9 Å². The highest BCUT2D eigenvalue weighted by Gasteiger charge is 2.18. The normalized spacial score (nSPS) is 10.1. The number of nitro benzene ring substituents is 1. The molecule has 1 heterocycles. The van der Waals surface area contributed by atoms with Gasteiger partial charge in [-0.1, -0.05) is 0 Å². The number of hydrogen-bond acceptors (Lipinski definition) is 5. The maximum absolute atomic E-state index is 10.7. The number of rotatable bonds is 2. The zero-order valence-corrected chi connectivity index (χ0v) is 8.21. The highest BCUT2D eigenvalue weighted by atomic mass is 16.6. The van der Waals surface area contributed by atoms with E-state index in [-0.39, 0.29) is 28.0 Å². The minimum absolute atomic E-state index is 0.0375. The molecular weight excluding hydrogens is 228 g/mol. The number of benzene rings is 1. The fourth-order valence-electron chi connectivity index (χ4n) is 1.43. The van der Waals surface area contributed by atoms with Crippen molar-refractivity contribution in [1.29, 1.82) is 5.26 Å². The molecule has 7 nitrogen and oxygen atoms in total. The number of nitro groups is 1. The van der Waals surface area contributed by atoms with Crippen LogP contribution >= 0.6 is 0 Å². The van der Waals surface area contributed by atoms with E-state index >= 15 is 0 Å². The van der Waals surface area contributed by atoms with Crippen LogP contribution in [-0.2, 0) is 0 Å². The predicted molar refractivity (Wildman–Crippen MR) is 54.5 cm³/mol. The van der Waals surface area contributed by atoms with Gasteiger partial charge in [0.1, 0.15) is 11.6 Å². The Labute approximate surface area is 93.6 Å². The van der Waals surface area contributed by atoms with E-state index in [1.807, 2.05) is 0 Å². The van der Waals surface area contributed by atoms with Gasteiger partial charge in [0.05, 0.1) is 4.92 Å². The summed E-state index contributed by atoms with van der Waals surface area (Å²) in [6.45, 7) is 0. The Morgan fingerprint density at radius 2 is 2.18 bits per heavy atom. The second kappa shape index (κ2) is 3.61. The molecule has 0 aliphatic rings. The lowest BCUT2D eigenvalue weighted by atomic mass is 10.1. The van der Waals surface area contributed by atoms with Crippen molar-refractivity contribution in [3.05, 3.63) is 39.6 Å². The van der Waals surface area contributed by atoms with Crippen LogP contribution in [0.3, 0.4) is 0 Å². The van der Waals surface area contributed by atoms with E-state index in [1.54, 1.807) is 6.07 Å². The first-order valence-electron chi connectivity index (χ1n) is 4.38. The quantitative estimate of drug-likeness (QED) is 0.624. The van der Waals surface area contributed by atoms with Crippen molar-refractivity contribution in [1.82, 2.24) is 0 Å². The van der Waals surface area contributed by atoms with Gasteiger partial charge in [-0.3, -0.25) is 10.1 Å². The number of carboxylic acid groups (broad SMARTS) is 1. The van der Waals surface area contributed by atoms with E-state index in [1.165, 1.54) is 0 Å². The Kier molecular flexibility index (Phi) is 2.25. The molecule has 2 rings (SSSR count). The van der Waals surface area contributed by atoms with Crippen molar-refractivity contribution in [2.45, 2.75) is 0 Å². The molecule has 7 heteroatoms. The fourth-order valence-corrected chi connectivity index (χ4v) is 1.43. The molecule has 0 aliphatic heterocycles. The van der Waals surface area contributed by atoms with Crippen LogP contribution in [0, 0.1) is 21.4 Å². The summed E-state index contributed by atoms with van der Waals surface area (Å²) in [6.07, 6.45) is 0. The largest absolute Gasteiger partial charge is 0.475 e. The highest BCUT2D eigenvalue weighted by Crippen LogP contribution is 2.27. The number of carbonyl (C=O) groups is 1. The molecule has 0 saturated carbocycles. The maximum atomic E-state index is 10.7. The average Bonchev–Trinajstić information content (AvgIpc) is 2.71.